The summed E-state index contributed by atoms with van der Waals surface area (Å²) in [6.45, 7) is 0. The van der Waals surface area contributed by atoms with Gasteiger partial charge in [-0.05, 0) is 36.2 Å². The maximum absolute atomic E-state index is 12.4. The highest BCUT2D eigenvalue weighted by Crippen LogP contribution is 2.30. The Morgan fingerprint density at radius 1 is 1.17 bits per heavy atom. The highest BCUT2D eigenvalue weighted by Gasteiger charge is 2.26. The van der Waals surface area contributed by atoms with E-state index in [2.05, 4.69) is 28.5 Å². The first-order valence-electron chi connectivity index (χ1n) is 7.78. The van der Waals surface area contributed by atoms with Gasteiger partial charge in [-0.2, -0.15) is 0 Å². The Hall–Kier alpha value is -2.75. The highest BCUT2D eigenvalue weighted by atomic mass is 16.5. The Morgan fingerprint density at radius 2 is 2.04 bits per heavy atom. The van der Waals surface area contributed by atoms with Gasteiger partial charge in [-0.1, -0.05) is 24.3 Å². The van der Waals surface area contributed by atoms with Gasteiger partial charge in [0.05, 0.1) is 7.11 Å². The van der Waals surface area contributed by atoms with E-state index in [0.717, 1.165) is 12.8 Å². The Morgan fingerprint density at radius 3 is 2.91 bits per heavy atom. The molecule has 0 radical (unpaired) electrons. The smallest absolute Gasteiger partial charge is 0.251 e. The van der Waals surface area contributed by atoms with Crippen molar-refractivity contribution in [2.24, 2.45) is 0 Å². The van der Waals surface area contributed by atoms with E-state index in [0.29, 0.717) is 11.3 Å². The Balaban J connectivity index is 1.51. The molecule has 1 aliphatic carbocycles. The number of para-hydroxylation sites is 1. The van der Waals surface area contributed by atoms with Crippen LogP contribution in [0.2, 0.25) is 0 Å². The lowest BCUT2D eigenvalue weighted by Crippen LogP contribution is -2.35. The fraction of sp³-hybridized carbons (Fsp3) is 0.211. The standard InChI is InChI=1S/C19H18N2O2/c1-23-14-6-4-5-12(9-14)19(22)20-13-10-16-15-7-2-3-8-17(15)21-18(16)11-13/h2-9,13,21H,10-11H2,1H3,(H,20,22). The maximum Gasteiger partial charge on any atom is 0.251 e. The van der Waals surface area contributed by atoms with Crippen LogP contribution in [0.5, 0.6) is 5.75 Å². The van der Waals surface area contributed by atoms with E-state index in [1.54, 1.807) is 13.2 Å². The summed E-state index contributed by atoms with van der Waals surface area (Å²) in [5, 5.41) is 4.39. The lowest BCUT2D eigenvalue weighted by molar-refractivity contribution is 0.0938. The van der Waals surface area contributed by atoms with Gasteiger partial charge in [-0.15, -0.1) is 0 Å². The van der Waals surface area contributed by atoms with Crippen LogP contribution in [-0.2, 0) is 12.8 Å². The molecular formula is C19H18N2O2. The molecule has 1 atom stereocenters. The van der Waals surface area contributed by atoms with E-state index < -0.39 is 0 Å². The van der Waals surface area contributed by atoms with Gasteiger partial charge in [-0.25, -0.2) is 0 Å². The molecule has 0 saturated carbocycles. The monoisotopic (exact) mass is 306 g/mol. The van der Waals surface area contributed by atoms with Gasteiger partial charge in [0.25, 0.3) is 5.91 Å². The maximum atomic E-state index is 12.4. The number of aromatic amines is 1. The second-order valence-electron chi connectivity index (χ2n) is 5.94. The first-order chi connectivity index (χ1) is 11.2. The van der Waals surface area contributed by atoms with Gasteiger partial charge in [-0.3, -0.25) is 4.79 Å². The molecule has 116 valence electrons. The SMILES string of the molecule is COc1cccc(C(=O)NC2Cc3[nH]c4ccccc4c3C2)c1. The molecule has 3 aromatic rings. The van der Waals surface area contributed by atoms with Crippen molar-refractivity contribution in [3.05, 3.63) is 65.4 Å². The van der Waals surface area contributed by atoms with Gasteiger partial charge >= 0.3 is 0 Å². The van der Waals surface area contributed by atoms with E-state index >= 15 is 0 Å². The summed E-state index contributed by atoms with van der Waals surface area (Å²) in [6.07, 6.45) is 1.72. The number of aromatic nitrogens is 1. The molecule has 1 aromatic heterocycles. The van der Waals surface area contributed by atoms with Gasteiger partial charge in [0.1, 0.15) is 5.75 Å². The van der Waals surface area contributed by atoms with E-state index in [-0.39, 0.29) is 11.9 Å². The van der Waals surface area contributed by atoms with Gasteiger partial charge in [0.15, 0.2) is 0 Å². The van der Waals surface area contributed by atoms with Crippen molar-refractivity contribution in [1.82, 2.24) is 10.3 Å². The molecule has 23 heavy (non-hydrogen) atoms. The molecule has 1 amide bonds. The number of methoxy groups -OCH3 is 1. The summed E-state index contributed by atoms with van der Waals surface area (Å²) in [5.41, 5.74) is 4.37. The van der Waals surface area contributed by atoms with Crippen molar-refractivity contribution >= 4 is 16.8 Å². The molecule has 4 rings (SSSR count). The Labute approximate surface area is 134 Å². The quantitative estimate of drug-likeness (QED) is 0.781. The summed E-state index contributed by atoms with van der Waals surface area (Å²) in [4.78, 5) is 15.9. The fourth-order valence-electron chi connectivity index (χ4n) is 3.36. The number of rotatable bonds is 3. The number of carbonyl (C=O) groups excluding carboxylic acids is 1. The fourth-order valence-corrected chi connectivity index (χ4v) is 3.36. The summed E-state index contributed by atoms with van der Waals surface area (Å²) < 4.78 is 5.18. The zero-order valence-electron chi connectivity index (χ0n) is 12.9. The molecular weight excluding hydrogens is 288 g/mol. The zero-order chi connectivity index (χ0) is 15.8. The molecule has 4 heteroatoms. The number of benzene rings is 2. The third-order valence-electron chi connectivity index (χ3n) is 4.47. The number of H-pyrrole nitrogens is 1. The van der Waals surface area contributed by atoms with E-state index in [9.17, 15) is 4.79 Å². The summed E-state index contributed by atoms with van der Waals surface area (Å²) in [5.74, 6) is 0.642. The molecule has 0 spiro atoms. The van der Waals surface area contributed by atoms with Crippen LogP contribution < -0.4 is 10.1 Å². The summed E-state index contributed by atoms with van der Waals surface area (Å²) in [7, 11) is 1.60. The predicted octanol–water partition coefficient (Wildman–Crippen LogP) is 3.07. The molecule has 1 unspecified atom stereocenters. The molecule has 2 aromatic carbocycles. The lowest BCUT2D eigenvalue weighted by Gasteiger charge is -2.13. The normalized spacial score (nSPS) is 16.3. The largest absolute Gasteiger partial charge is 0.497 e. The van der Waals surface area contributed by atoms with Crippen molar-refractivity contribution < 1.29 is 9.53 Å². The number of hydrogen-bond donors (Lipinski definition) is 2. The van der Waals surface area contributed by atoms with Gasteiger partial charge in [0.2, 0.25) is 0 Å². The molecule has 1 heterocycles. The average Bonchev–Trinajstić information content (AvgIpc) is 3.12. The van der Waals surface area contributed by atoms with Gasteiger partial charge < -0.3 is 15.0 Å². The van der Waals surface area contributed by atoms with Crippen LogP contribution in [0.4, 0.5) is 0 Å². The predicted molar refractivity (Wildman–Crippen MR) is 90.0 cm³/mol. The number of hydrogen-bond acceptors (Lipinski definition) is 2. The Bertz CT molecular complexity index is 882. The molecule has 0 saturated heterocycles. The van der Waals surface area contributed by atoms with Crippen LogP contribution in [0.3, 0.4) is 0 Å². The lowest BCUT2D eigenvalue weighted by atomic mass is 10.1. The van der Waals surface area contributed by atoms with Crippen molar-refractivity contribution in [2.75, 3.05) is 7.11 Å². The van der Waals surface area contributed by atoms with E-state index in [4.69, 9.17) is 4.74 Å². The molecule has 1 aliphatic rings. The van der Waals surface area contributed by atoms with Crippen molar-refractivity contribution in [1.29, 1.82) is 0 Å². The first-order valence-corrected chi connectivity index (χ1v) is 7.78. The number of ether oxygens (including phenoxy) is 1. The topological polar surface area (TPSA) is 54.1 Å². The summed E-state index contributed by atoms with van der Waals surface area (Å²) in [6, 6.07) is 15.7. The number of nitrogens with one attached hydrogen (secondary N) is 2. The molecule has 4 nitrogen and oxygen atoms in total. The molecule has 0 fully saturated rings. The Kier molecular flexibility index (Phi) is 3.30. The van der Waals surface area contributed by atoms with Crippen molar-refractivity contribution in [2.45, 2.75) is 18.9 Å². The van der Waals surface area contributed by atoms with Crippen LogP contribution in [0, 0.1) is 0 Å². The van der Waals surface area contributed by atoms with Crippen LogP contribution in [0.25, 0.3) is 10.9 Å². The molecule has 0 bridgehead atoms. The van der Waals surface area contributed by atoms with Gasteiger partial charge in [0, 0.05) is 34.6 Å². The summed E-state index contributed by atoms with van der Waals surface area (Å²) >= 11 is 0. The van der Waals surface area contributed by atoms with E-state index in [1.807, 2.05) is 24.3 Å². The third-order valence-corrected chi connectivity index (χ3v) is 4.47. The number of amides is 1. The van der Waals surface area contributed by atoms with E-state index in [1.165, 1.54) is 22.2 Å². The molecule has 0 aliphatic heterocycles. The van der Waals surface area contributed by atoms with Crippen LogP contribution >= 0.6 is 0 Å². The minimum atomic E-state index is -0.0524. The van der Waals surface area contributed by atoms with Crippen molar-refractivity contribution in [3.8, 4) is 5.75 Å². The average molecular weight is 306 g/mol. The van der Waals surface area contributed by atoms with Crippen LogP contribution in [0.15, 0.2) is 48.5 Å². The van der Waals surface area contributed by atoms with Crippen LogP contribution in [-0.4, -0.2) is 24.0 Å². The minimum Gasteiger partial charge on any atom is -0.497 e. The zero-order valence-corrected chi connectivity index (χ0v) is 12.9. The van der Waals surface area contributed by atoms with Crippen LogP contribution in [0.1, 0.15) is 21.6 Å². The van der Waals surface area contributed by atoms with Crippen molar-refractivity contribution in [3.63, 3.8) is 0 Å². The first kappa shape index (κ1) is 13.9. The highest BCUT2D eigenvalue weighted by molar-refractivity contribution is 5.95. The minimum absolute atomic E-state index is 0.0524. The number of carbonyl (C=O) groups is 1. The second-order valence-corrected chi connectivity index (χ2v) is 5.94. The second kappa shape index (κ2) is 5.47. The third kappa shape index (κ3) is 2.46. The molecule has 2 N–H and O–H groups in total. The number of fused-ring (bicyclic) bond motifs is 3.